The molecule has 0 bridgehead atoms. The molecule has 14 heteroatoms. The van der Waals surface area contributed by atoms with Gasteiger partial charge in [-0.2, -0.15) is 0 Å². The third-order valence-corrected chi connectivity index (χ3v) is 6.81. The minimum Gasteiger partial charge on any atom is -0.480 e. The van der Waals surface area contributed by atoms with E-state index in [0.29, 0.717) is 29.1 Å². The Hall–Kier alpha value is -2.52. The number of nitrogens with one attached hydrogen (secondary N) is 1. The summed E-state index contributed by atoms with van der Waals surface area (Å²) in [5.74, 6) is -0.446. The number of carbonyl (C=O) groups is 2. The van der Waals surface area contributed by atoms with Crippen molar-refractivity contribution in [2.75, 3.05) is 30.0 Å². The fourth-order valence-electron chi connectivity index (χ4n) is 3.27. The summed E-state index contributed by atoms with van der Waals surface area (Å²) in [4.78, 5) is 34.5. The number of imidazole rings is 1. The van der Waals surface area contributed by atoms with Crippen LogP contribution in [0.15, 0.2) is 12.7 Å². The number of hydrogen-bond acceptors (Lipinski definition) is 10. The summed E-state index contributed by atoms with van der Waals surface area (Å²) in [7, 11) is -0.281. The number of ether oxygens (including phenoxy) is 1. The first-order valence-corrected chi connectivity index (χ1v) is 11.4. The molecule has 1 unspecified atom stereocenters. The fraction of sp³-hybridized carbons (Fsp3) is 0.588. The minimum atomic E-state index is -1.19. The number of amides is 1. The van der Waals surface area contributed by atoms with Gasteiger partial charge in [0.25, 0.3) is 0 Å². The number of rotatable bonds is 9. The van der Waals surface area contributed by atoms with Crippen LogP contribution in [0.2, 0.25) is 0 Å². The highest BCUT2D eigenvalue weighted by atomic mass is 32.2. The molecule has 3 rings (SSSR count). The van der Waals surface area contributed by atoms with Crippen molar-refractivity contribution in [1.29, 1.82) is 0 Å². The van der Waals surface area contributed by atoms with Crippen molar-refractivity contribution in [3.8, 4) is 0 Å². The predicted molar refractivity (Wildman–Crippen MR) is 112 cm³/mol. The van der Waals surface area contributed by atoms with E-state index in [2.05, 4.69) is 20.3 Å². The Morgan fingerprint density at radius 3 is 2.77 bits per heavy atom. The second kappa shape index (κ2) is 9.74. The van der Waals surface area contributed by atoms with E-state index in [4.69, 9.17) is 21.3 Å². The van der Waals surface area contributed by atoms with Crippen molar-refractivity contribution in [1.82, 2.24) is 24.8 Å². The van der Waals surface area contributed by atoms with Gasteiger partial charge >= 0.3 is 5.97 Å². The first-order valence-electron chi connectivity index (χ1n) is 9.47. The zero-order chi connectivity index (χ0) is 22.7. The number of carbonyl (C=O) groups excluding carboxylic acids is 1. The first kappa shape index (κ1) is 23.1. The Morgan fingerprint density at radius 1 is 1.32 bits per heavy atom. The molecular formula is C17H26N7O6S+. The molecule has 0 aromatic carbocycles. The molecule has 3 heterocycles. The number of aliphatic hydroxyl groups excluding tert-OH is 2. The lowest BCUT2D eigenvalue weighted by Gasteiger charge is -2.16. The molecule has 1 aliphatic rings. The number of fused-ring (bicyclic) bond motifs is 1. The number of aliphatic hydroxyl groups is 2. The highest BCUT2D eigenvalue weighted by molar-refractivity contribution is 7.96. The van der Waals surface area contributed by atoms with E-state index >= 15 is 0 Å². The van der Waals surface area contributed by atoms with Gasteiger partial charge in [-0.15, -0.1) is 0 Å². The number of nitrogens with zero attached hydrogens (tertiary/aromatic N) is 4. The Kier molecular flexibility index (Phi) is 7.27. The summed E-state index contributed by atoms with van der Waals surface area (Å²) in [6, 6.07) is -0.829. The average Bonchev–Trinajstić information content (AvgIpc) is 3.27. The normalized spacial score (nSPS) is 25.4. The summed E-state index contributed by atoms with van der Waals surface area (Å²) in [6.07, 6.45) is 1.16. The zero-order valence-electron chi connectivity index (χ0n) is 16.8. The number of anilines is 1. The summed E-state index contributed by atoms with van der Waals surface area (Å²) < 4.78 is 7.43. The molecule has 1 amide bonds. The van der Waals surface area contributed by atoms with E-state index in [0.717, 1.165) is 0 Å². The monoisotopic (exact) mass is 456 g/mol. The number of nitrogens with two attached hydrogens (primary N) is 2. The van der Waals surface area contributed by atoms with Gasteiger partial charge in [0.1, 0.15) is 48.2 Å². The molecule has 6 atom stereocenters. The molecule has 2 aromatic rings. The van der Waals surface area contributed by atoms with Gasteiger partial charge in [0, 0.05) is 6.42 Å². The molecule has 0 saturated carbocycles. The lowest BCUT2D eigenvalue weighted by Crippen LogP contribution is -2.44. The number of carboxylic acid groups (broad SMARTS) is 1. The van der Waals surface area contributed by atoms with Gasteiger partial charge in [0.05, 0.1) is 18.6 Å². The molecule has 8 N–H and O–H groups in total. The quantitative estimate of drug-likeness (QED) is 0.212. The molecule has 0 spiro atoms. The molecule has 0 radical (unpaired) electrons. The van der Waals surface area contributed by atoms with Gasteiger partial charge in [-0.3, -0.25) is 14.2 Å². The van der Waals surface area contributed by atoms with Crippen LogP contribution in [-0.4, -0.2) is 95.4 Å². The fourth-order valence-corrected chi connectivity index (χ4v) is 4.93. The van der Waals surface area contributed by atoms with E-state index in [9.17, 15) is 19.8 Å². The first-order chi connectivity index (χ1) is 14.7. The Morgan fingerprint density at radius 2 is 2.06 bits per heavy atom. The lowest BCUT2D eigenvalue weighted by molar-refractivity contribution is -0.138. The van der Waals surface area contributed by atoms with Crippen molar-refractivity contribution in [2.24, 2.45) is 5.73 Å². The van der Waals surface area contributed by atoms with Crippen molar-refractivity contribution >= 4 is 39.8 Å². The summed E-state index contributed by atoms with van der Waals surface area (Å²) in [5, 5.41) is 31.8. The van der Waals surface area contributed by atoms with Crippen LogP contribution in [0.4, 0.5) is 5.82 Å². The number of carboxylic acids is 1. The highest BCUT2D eigenvalue weighted by Gasteiger charge is 2.46. The van der Waals surface area contributed by atoms with E-state index in [1.165, 1.54) is 17.2 Å². The predicted octanol–water partition coefficient (Wildman–Crippen LogP) is -2.81. The topological polar surface area (TPSA) is 212 Å². The SMILES string of the molecule is C[S+](CC[C@H](N)C(=O)NCC(=O)O)C[C@H]1O[C@@H](n2cnc3c(N)ncnc32)[C@H](O)[C@@H]1O. The van der Waals surface area contributed by atoms with E-state index in [-0.39, 0.29) is 16.7 Å². The van der Waals surface area contributed by atoms with Crippen LogP contribution >= 0.6 is 0 Å². The smallest absolute Gasteiger partial charge is 0.322 e. The molecule has 1 fully saturated rings. The second-order valence-corrected chi connectivity index (χ2v) is 9.59. The van der Waals surface area contributed by atoms with Crippen LogP contribution in [-0.2, 0) is 25.2 Å². The maximum Gasteiger partial charge on any atom is 0.322 e. The van der Waals surface area contributed by atoms with E-state index in [1.807, 2.05) is 6.26 Å². The Bertz CT molecular complexity index is 943. The summed E-state index contributed by atoms with van der Waals surface area (Å²) in [5.41, 5.74) is 12.4. The van der Waals surface area contributed by atoms with Gasteiger partial charge in [0.2, 0.25) is 5.91 Å². The van der Waals surface area contributed by atoms with Crippen LogP contribution < -0.4 is 16.8 Å². The zero-order valence-corrected chi connectivity index (χ0v) is 17.6. The maximum atomic E-state index is 11.8. The van der Waals surface area contributed by atoms with Crippen molar-refractivity contribution in [3.05, 3.63) is 12.7 Å². The molecule has 170 valence electrons. The number of nitrogen functional groups attached to an aromatic ring is 1. The highest BCUT2D eigenvalue weighted by Crippen LogP contribution is 2.32. The van der Waals surface area contributed by atoms with E-state index in [1.54, 1.807) is 0 Å². The number of aromatic nitrogens is 4. The van der Waals surface area contributed by atoms with Gasteiger partial charge in [-0.25, -0.2) is 15.0 Å². The van der Waals surface area contributed by atoms with Crippen LogP contribution in [0.3, 0.4) is 0 Å². The molecule has 1 aliphatic heterocycles. The molecule has 31 heavy (non-hydrogen) atoms. The largest absolute Gasteiger partial charge is 0.480 e. The molecular weight excluding hydrogens is 430 g/mol. The molecule has 2 aromatic heterocycles. The van der Waals surface area contributed by atoms with Crippen molar-refractivity contribution in [3.63, 3.8) is 0 Å². The van der Waals surface area contributed by atoms with Crippen LogP contribution in [0.5, 0.6) is 0 Å². The maximum absolute atomic E-state index is 11.8. The lowest BCUT2D eigenvalue weighted by atomic mass is 10.1. The van der Waals surface area contributed by atoms with Crippen molar-refractivity contribution in [2.45, 2.75) is 37.0 Å². The summed E-state index contributed by atoms with van der Waals surface area (Å²) >= 11 is 0. The van der Waals surface area contributed by atoms with Crippen LogP contribution in [0.25, 0.3) is 11.2 Å². The molecule has 13 nitrogen and oxygen atoms in total. The van der Waals surface area contributed by atoms with E-state index < -0.39 is 49.0 Å². The average molecular weight is 457 g/mol. The third kappa shape index (κ3) is 5.22. The number of aliphatic carboxylic acids is 1. The van der Waals surface area contributed by atoms with Gasteiger partial charge < -0.3 is 36.8 Å². The van der Waals surface area contributed by atoms with Crippen LogP contribution in [0.1, 0.15) is 12.6 Å². The molecule has 1 saturated heterocycles. The summed E-state index contributed by atoms with van der Waals surface area (Å²) in [6.45, 7) is -0.481. The van der Waals surface area contributed by atoms with Gasteiger partial charge in [-0.1, -0.05) is 0 Å². The Balaban J connectivity index is 1.57. The second-order valence-electron chi connectivity index (χ2n) is 7.29. The number of hydrogen-bond donors (Lipinski definition) is 6. The standard InChI is InChI=1S/C17H25N7O6S/c1-31(3-2-8(18)16(29)20-4-10(25)26)5-9-12(27)13(28)17(30-9)24-7-23-11-14(19)21-6-22-15(11)24/h6-9,12-13,17,27-28H,2-5,18H2,1H3,(H3-,19,20,21,22,25,26,29)/p+1/t8-,9+,12+,13+,17+,31?/m0/s1. The Labute approximate surface area is 180 Å². The minimum absolute atomic E-state index is 0.201. The van der Waals surface area contributed by atoms with Gasteiger partial charge in [0.15, 0.2) is 17.7 Å². The van der Waals surface area contributed by atoms with Gasteiger partial charge in [-0.05, 0) is 10.9 Å². The molecule has 0 aliphatic carbocycles. The van der Waals surface area contributed by atoms with Crippen LogP contribution in [0, 0.1) is 0 Å². The van der Waals surface area contributed by atoms with Crippen molar-refractivity contribution < 1.29 is 29.6 Å². The third-order valence-electron chi connectivity index (χ3n) is 4.98.